The van der Waals surface area contributed by atoms with Crippen LogP contribution in [0.25, 0.3) is 0 Å². The van der Waals surface area contributed by atoms with Gasteiger partial charge in [-0.3, -0.25) is 4.79 Å². The molecule has 0 aromatic heterocycles. The van der Waals surface area contributed by atoms with Crippen LogP contribution in [0.2, 0.25) is 0 Å². The quantitative estimate of drug-likeness (QED) is 0.794. The third-order valence-electron chi connectivity index (χ3n) is 4.62. The Morgan fingerprint density at radius 2 is 1.95 bits per heavy atom. The molecule has 0 aliphatic carbocycles. The number of halogens is 1. The van der Waals surface area contributed by atoms with Crippen molar-refractivity contribution in [2.45, 2.75) is 19.3 Å². The summed E-state index contributed by atoms with van der Waals surface area (Å²) < 4.78 is 1.20. The molecule has 0 bridgehead atoms. The lowest BCUT2D eigenvalue weighted by molar-refractivity contribution is -0.130. The van der Waals surface area contributed by atoms with Crippen molar-refractivity contribution in [2.75, 3.05) is 26.2 Å². The summed E-state index contributed by atoms with van der Waals surface area (Å²) in [4.78, 5) is 14.5. The van der Waals surface area contributed by atoms with Gasteiger partial charge in [-0.25, -0.2) is 0 Å². The number of hydrogen-bond donors (Lipinski definition) is 1. The number of carbonyl (C=O) groups is 1. The van der Waals surface area contributed by atoms with E-state index in [0.29, 0.717) is 12.3 Å². The molecule has 2 fully saturated rings. The molecule has 2 heterocycles. The molecule has 0 unspecified atom stereocenters. The minimum Gasteiger partial charge on any atom is -0.342 e. The zero-order valence-electron chi connectivity index (χ0n) is 11.6. The fraction of sp³-hybridized carbons (Fsp3) is 0.562. The van der Waals surface area contributed by atoms with Gasteiger partial charge in [0.1, 0.15) is 0 Å². The summed E-state index contributed by atoms with van der Waals surface area (Å²) in [6.07, 6.45) is 2.87. The average molecular weight is 384 g/mol. The molecule has 3 nitrogen and oxygen atoms in total. The molecule has 1 aromatic carbocycles. The summed E-state index contributed by atoms with van der Waals surface area (Å²) >= 11 is 2.30. The number of benzene rings is 1. The first-order chi connectivity index (χ1) is 9.72. The number of likely N-dealkylation sites (tertiary alicyclic amines) is 1. The number of rotatable bonds is 2. The summed E-state index contributed by atoms with van der Waals surface area (Å²) in [5.74, 6) is 1.86. The van der Waals surface area contributed by atoms with Crippen molar-refractivity contribution < 1.29 is 4.79 Å². The zero-order valence-corrected chi connectivity index (χ0v) is 13.8. The second-order valence-corrected chi connectivity index (χ2v) is 7.19. The Bertz CT molecular complexity index is 477. The normalized spacial score (nSPS) is 26.1. The van der Waals surface area contributed by atoms with E-state index in [4.69, 9.17) is 0 Å². The van der Waals surface area contributed by atoms with Crippen LogP contribution in [0.5, 0.6) is 0 Å². The Kier molecular flexibility index (Phi) is 4.61. The lowest BCUT2D eigenvalue weighted by atomic mass is 9.92. The number of nitrogens with zero attached hydrogens (tertiary/aromatic N) is 1. The van der Waals surface area contributed by atoms with Gasteiger partial charge in [0.25, 0.3) is 0 Å². The Balaban J connectivity index is 1.60. The van der Waals surface area contributed by atoms with E-state index < -0.39 is 0 Å². The molecule has 1 amide bonds. The topological polar surface area (TPSA) is 32.3 Å². The largest absolute Gasteiger partial charge is 0.342 e. The molecule has 1 N–H and O–H groups in total. The maximum atomic E-state index is 12.5. The molecule has 0 saturated carbocycles. The van der Waals surface area contributed by atoms with Gasteiger partial charge in [0.15, 0.2) is 0 Å². The fourth-order valence-electron chi connectivity index (χ4n) is 3.40. The van der Waals surface area contributed by atoms with Gasteiger partial charge in [-0.1, -0.05) is 12.1 Å². The summed E-state index contributed by atoms with van der Waals surface area (Å²) in [7, 11) is 0. The highest BCUT2D eigenvalue weighted by Gasteiger charge is 2.31. The van der Waals surface area contributed by atoms with Gasteiger partial charge in [0.2, 0.25) is 5.91 Å². The van der Waals surface area contributed by atoms with Gasteiger partial charge in [0.05, 0.1) is 6.42 Å². The second-order valence-electron chi connectivity index (χ2n) is 5.94. The summed E-state index contributed by atoms with van der Waals surface area (Å²) in [5, 5.41) is 3.48. The molecule has 2 atom stereocenters. The van der Waals surface area contributed by atoms with Crippen molar-refractivity contribution in [3.63, 3.8) is 0 Å². The van der Waals surface area contributed by atoms with Crippen molar-refractivity contribution >= 4 is 28.5 Å². The van der Waals surface area contributed by atoms with Crippen molar-refractivity contribution in [2.24, 2.45) is 11.8 Å². The Labute approximate surface area is 134 Å². The van der Waals surface area contributed by atoms with E-state index in [-0.39, 0.29) is 0 Å². The molecule has 2 aliphatic heterocycles. The third-order valence-corrected chi connectivity index (χ3v) is 5.29. The first-order valence-electron chi connectivity index (χ1n) is 7.45. The van der Waals surface area contributed by atoms with Crippen LogP contribution in [0.4, 0.5) is 0 Å². The van der Waals surface area contributed by atoms with E-state index in [1.807, 2.05) is 6.07 Å². The van der Waals surface area contributed by atoms with Crippen LogP contribution in [0.1, 0.15) is 18.4 Å². The van der Waals surface area contributed by atoms with Crippen LogP contribution < -0.4 is 5.32 Å². The third kappa shape index (κ3) is 3.34. The van der Waals surface area contributed by atoms with Gasteiger partial charge in [-0.2, -0.15) is 0 Å². The van der Waals surface area contributed by atoms with Gasteiger partial charge in [-0.05, 0) is 78.1 Å². The first kappa shape index (κ1) is 14.3. The monoisotopic (exact) mass is 384 g/mol. The molecule has 2 saturated heterocycles. The first-order valence-corrected chi connectivity index (χ1v) is 8.53. The van der Waals surface area contributed by atoms with Crippen molar-refractivity contribution in [1.82, 2.24) is 10.2 Å². The molecular formula is C16H21IN2O. The van der Waals surface area contributed by atoms with E-state index in [1.54, 1.807) is 0 Å². The van der Waals surface area contributed by atoms with E-state index in [0.717, 1.165) is 56.4 Å². The lowest BCUT2D eigenvalue weighted by Crippen LogP contribution is -2.33. The van der Waals surface area contributed by atoms with Gasteiger partial charge >= 0.3 is 0 Å². The van der Waals surface area contributed by atoms with Crippen LogP contribution in [0.3, 0.4) is 0 Å². The molecule has 0 radical (unpaired) electrons. The Morgan fingerprint density at radius 1 is 1.25 bits per heavy atom. The van der Waals surface area contributed by atoms with Gasteiger partial charge in [0, 0.05) is 16.7 Å². The standard InChI is InChI=1S/C16H21IN2O/c17-15-3-1-2-12(8-15)9-16(20)19-6-4-13-10-18-11-14(13)5-7-19/h1-3,8,13-14,18H,4-7,9-11H2/t13-,14+. The fourth-order valence-corrected chi connectivity index (χ4v) is 4.01. The van der Waals surface area contributed by atoms with Gasteiger partial charge in [-0.15, -0.1) is 0 Å². The van der Waals surface area contributed by atoms with Crippen molar-refractivity contribution in [3.05, 3.63) is 33.4 Å². The van der Waals surface area contributed by atoms with E-state index in [1.165, 1.54) is 3.57 Å². The molecule has 0 spiro atoms. The van der Waals surface area contributed by atoms with Crippen molar-refractivity contribution in [1.29, 1.82) is 0 Å². The zero-order chi connectivity index (χ0) is 13.9. The molecule has 108 valence electrons. The van der Waals surface area contributed by atoms with Crippen LogP contribution in [0, 0.1) is 15.4 Å². The summed E-state index contributed by atoms with van der Waals surface area (Å²) in [6, 6.07) is 8.25. The van der Waals surface area contributed by atoms with Gasteiger partial charge < -0.3 is 10.2 Å². The van der Waals surface area contributed by atoms with Crippen LogP contribution in [-0.4, -0.2) is 37.0 Å². The molecule has 1 aromatic rings. The molecular weight excluding hydrogens is 363 g/mol. The molecule has 3 rings (SSSR count). The van der Waals surface area contributed by atoms with Crippen LogP contribution >= 0.6 is 22.6 Å². The molecule has 20 heavy (non-hydrogen) atoms. The molecule has 2 aliphatic rings. The predicted octanol–water partition coefficient (Wildman–Crippen LogP) is 2.29. The summed E-state index contributed by atoms with van der Waals surface area (Å²) in [5.41, 5.74) is 1.13. The highest BCUT2D eigenvalue weighted by molar-refractivity contribution is 14.1. The van der Waals surface area contributed by atoms with E-state index >= 15 is 0 Å². The maximum absolute atomic E-state index is 12.5. The van der Waals surface area contributed by atoms with Crippen molar-refractivity contribution in [3.8, 4) is 0 Å². The van der Waals surface area contributed by atoms with Crippen LogP contribution in [0.15, 0.2) is 24.3 Å². The maximum Gasteiger partial charge on any atom is 0.226 e. The summed E-state index contributed by atoms with van der Waals surface area (Å²) in [6.45, 7) is 4.16. The number of amides is 1. The Hall–Kier alpha value is -0.620. The van der Waals surface area contributed by atoms with E-state index in [9.17, 15) is 4.79 Å². The predicted molar refractivity (Wildman–Crippen MR) is 88.5 cm³/mol. The number of carbonyl (C=O) groups excluding carboxylic acids is 1. The molecule has 4 heteroatoms. The van der Waals surface area contributed by atoms with Crippen LogP contribution in [-0.2, 0) is 11.2 Å². The smallest absolute Gasteiger partial charge is 0.226 e. The number of fused-ring (bicyclic) bond motifs is 1. The minimum absolute atomic E-state index is 0.292. The van der Waals surface area contributed by atoms with E-state index in [2.05, 4.69) is 51.0 Å². The second kappa shape index (κ2) is 6.43. The SMILES string of the molecule is O=C(Cc1cccc(I)c1)N1CC[C@@H]2CNC[C@@H]2CC1. The number of nitrogens with one attached hydrogen (secondary N) is 1. The lowest BCUT2D eigenvalue weighted by Gasteiger charge is -2.21. The Morgan fingerprint density at radius 3 is 2.60 bits per heavy atom. The highest BCUT2D eigenvalue weighted by Crippen LogP contribution is 2.27. The number of hydrogen-bond acceptors (Lipinski definition) is 2. The average Bonchev–Trinajstić information content (AvgIpc) is 2.77. The minimum atomic E-state index is 0.292. The highest BCUT2D eigenvalue weighted by atomic mass is 127.